The van der Waals surface area contributed by atoms with Crippen LogP contribution in [0.2, 0.25) is 0 Å². The van der Waals surface area contributed by atoms with Crippen LogP contribution in [0.1, 0.15) is 78.8 Å². The highest BCUT2D eigenvalue weighted by Gasteiger charge is 2.25. The monoisotopic (exact) mass is 462 g/mol. The van der Waals surface area contributed by atoms with Crippen LogP contribution in [0.15, 0.2) is 54.6 Å². The molecule has 0 radical (unpaired) electrons. The largest absolute Gasteiger partial charge is 0.469 e. The first-order valence-electron chi connectivity index (χ1n) is 12.8. The molecule has 1 saturated heterocycles. The molecule has 1 saturated carbocycles. The van der Waals surface area contributed by atoms with Crippen molar-refractivity contribution in [3.8, 4) is 0 Å². The first kappa shape index (κ1) is 24.5. The number of amides is 1. The quantitative estimate of drug-likeness (QED) is 0.540. The number of ether oxygens (including phenoxy) is 1. The van der Waals surface area contributed by atoms with Crippen LogP contribution in [-0.2, 0) is 16.1 Å². The Morgan fingerprint density at radius 2 is 1.68 bits per heavy atom. The lowest BCUT2D eigenvalue weighted by Crippen LogP contribution is -2.37. The molecule has 2 aromatic carbocycles. The van der Waals surface area contributed by atoms with Crippen LogP contribution in [-0.4, -0.2) is 43.0 Å². The number of likely N-dealkylation sites (tertiary alicyclic amines) is 1. The van der Waals surface area contributed by atoms with Gasteiger partial charge in [0.15, 0.2) is 0 Å². The number of esters is 1. The van der Waals surface area contributed by atoms with Crippen molar-refractivity contribution >= 4 is 11.9 Å². The van der Waals surface area contributed by atoms with Gasteiger partial charge in [0.2, 0.25) is 0 Å². The summed E-state index contributed by atoms with van der Waals surface area (Å²) in [6.07, 6.45) is 7.73. The highest BCUT2D eigenvalue weighted by Crippen LogP contribution is 2.30. The maximum Gasteiger partial charge on any atom is 0.305 e. The maximum atomic E-state index is 13.0. The van der Waals surface area contributed by atoms with Crippen LogP contribution in [0.5, 0.6) is 0 Å². The average Bonchev–Trinajstić information content (AvgIpc) is 2.89. The van der Waals surface area contributed by atoms with Gasteiger partial charge in [-0.25, -0.2) is 0 Å². The van der Waals surface area contributed by atoms with Crippen molar-refractivity contribution in [1.82, 2.24) is 10.2 Å². The van der Waals surface area contributed by atoms with E-state index in [1.807, 2.05) is 12.1 Å². The third kappa shape index (κ3) is 6.92. The summed E-state index contributed by atoms with van der Waals surface area (Å²) in [4.78, 5) is 26.9. The average molecular weight is 463 g/mol. The Kier molecular flexibility index (Phi) is 8.75. The molecule has 0 spiro atoms. The summed E-state index contributed by atoms with van der Waals surface area (Å²) in [6, 6.07) is 19.2. The lowest BCUT2D eigenvalue weighted by molar-refractivity contribution is -0.141. The van der Waals surface area contributed by atoms with Gasteiger partial charge in [0.1, 0.15) is 0 Å². The van der Waals surface area contributed by atoms with Crippen molar-refractivity contribution in [2.75, 3.05) is 20.2 Å². The molecule has 4 rings (SSSR count). The zero-order valence-electron chi connectivity index (χ0n) is 20.4. The van der Waals surface area contributed by atoms with Crippen molar-refractivity contribution in [3.05, 3.63) is 71.3 Å². The Hall–Kier alpha value is -2.66. The Balaban J connectivity index is 1.23. The third-order valence-electron chi connectivity index (χ3n) is 7.62. The zero-order chi connectivity index (χ0) is 23.8. The number of benzene rings is 2. The highest BCUT2D eigenvalue weighted by atomic mass is 16.5. The van der Waals surface area contributed by atoms with Crippen LogP contribution >= 0.6 is 0 Å². The maximum absolute atomic E-state index is 13.0. The van der Waals surface area contributed by atoms with E-state index in [1.165, 1.54) is 18.2 Å². The lowest BCUT2D eigenvalue weighted by Gasteiger charge is -2.32. The second-order valence-corrected chi connectivity index (χ2v) is 9.97. The summed E-state index contributed by atoms with van der Waals surface area (Å²) in [6.45, 7) is 3.20. The van der Waals surface area contributed by atoms with Crippen molar-refractivity contribution < 1.29 is 14.3 Å². The number of nitrogens with one attached hydrogen (secondary N) is 1. The van der Waals surface area contributed by atoms with E-state index in [4.69, 9.17) is 4.74 Å². The van der Waals surface area contributed by atoms with E-state index in [1.54, 1.807) is 0 Å². The molecule has 0 unspecified atom stereocenters. The molecular formula is C29H38N2O3. The van der Waals surface area contributed by atoms with E-state index >= 15 is 0 Å². The van der Waals surface area contributed by atoms with Gasteiger partial charge in [-0.15, -0.1) is 0 Å². The summed E-state index contributed by atoms with van der Waals surface area (Å²) in [5.74, 6) is 0.993. The number of rotatable bonds is 8. The second kappa shape index (κ2) is 12.2. The Bertz CT molecular complexity index is 929. The molecule has 1 aliphatic carbocycles. The molecule has 2 fully saturated rings. The summed E-state index contributed by atoms with van der Waals surface area (Å²) in [5, 5.41) is 3.26. The van der Waals surface area contributed by atoms with E-state index in [2.05, 4.69) is 52.7 Å². The van der Waals surface area contributed by atoms with Gasteiger partial charge in [0.05, 0.1) is 7.11 Å². The molecule has 182 valence electrons. The molecule has 5 heteroatoms. The van der Waals surface area contributed by atoms with Crippen LogP contribution in [0, 0.1) is 5.92 Å². The van der Waals surface area contributed by atoms with Crippen molar-refractivity contribution in [3.63, 3.8) is 0 Å². The van der Waals surface area contributed by atoms with Crippen LogP contribution in [0.4, 0.5) is 0 Å². The normalized spacial score (nSPS) is 21.7. The van der Waals surface area contributed by atoms with Gasteiger partial charge in [-0.2, -0.15) is 0 Å². The number of methoxy groups -OCH3 is 1. The number of hydrogen-bond acceptors (Lipinski definition) is 4. The van der Waals surface area contributed by atoms with Crippen LogP contribution < -0.4 is 5.32 Å². The second-order valence-electron chi connectivity index (χ2n) is 9.97. The Morgan fingerprint density at radius 1 is 0.941 bits per heavy atom. The Morgan fingerprint density at radius 3 is 2.38 bits per heavy atom. The number of carbonyl (C=O) groups is 2. The molecule has 2 aromatic rings. The standard InChI is InChI=1S/C29H38N2O3/c1-34-28(32)15-12-22-10-13-27(14-11-22)30-29(33)26-9-5-8-25(20-26)24-16-18-31(19-17-24)21-23-6-3-2-4-7-23/h2-9,20,22,24,27H,10-19,21H2,1H3,(H,30,33). The molecule has 34 heavy (non-hydrogen) atoms. The van der Waals surface area contributed by atoms with Crippen molar-refractivity contribution in [1.29, 1.82) is 0 Å². The van der Waals surface area contributed by atoms with E-state index in [0.29, 0.717) is 18.3 Å². The molecule has 1 N–H and O–H groups in total. The number of carbonyl (C=O) groups excluding carboxylic acids is 2. The van der Waals surface area contributed by atoms with Gasteiger partial charge in [-0.1, -0.05) is 42.5 Å². The predicted molar refractivity (Wildman–Crippen MR) is 135 cm³/mol. The van der Waals surface area contributed by atoms with Gasteiger partial charge in [0, 0.05) is 24.6 Å². The highest BCUT2D eigenvalue weighted by molar-refractivity contribution is 5.94. The van der Waals surface area contributed by atoms with E-state index in [-0.39, 0.29) is 17.9 Å². The van der Waals surface area contributed by atoms with Crippen molar-refractivity contribution in [2.45, 2.75) is 69.9 Å². The van der Waals surface area contributed by atoms with Crippen LogP contribution in [0.3, 0.4) is 0 Å². The third-order valence-corrected chi connectivity index (χ3v) is 7.62. The fourth-order valence-electron chi connectivity index (χ4n) is 5.49. The predicted octanol–water partition coefficient (Wildman–Crippen LogP) is 5.31. The number of piperidine rings is 1. The summed E-state index contributed by atoms with van der Waals surface area (Å²) >= 11 is 0. The fourth-order valence-corrected chi connectivity index (χ4v) is 5.49. The molecule has 2 aliphatic rings. The summed E-state index contributed by atoms with van der Waals surface area (Å²) in [7, 11) is 1.44. The van der Waals surface area contributed by atoms with Gasteiger partial charge >= 0.3 is 5.97 Å². The summed E-state index contributed by atoms with van der Waals surface area (Å²) in [5.41, 5.74) is 3.44. The molecule has 1 aliphatic heterocycles. The van der Waals surface area contributed by atoms with Gasteiger partial charge in [0.25, 0.3) is 5.91 Å². The van der Waals surface area contributed by atoms with Gasteiger partial charge in [-0.05, 0) is 93.1 Å². The van der Waals surface area contributed by atoms with E-state index in [9.17, 15) is 9.59 Å². The minimum absolute atomic E-state index is 0.0429. The fraction of sp³-hybridized carbons (Fsp3) is 0.517. The Labute approximate surface area is 203 Å². The number of hydrogen-bond donors (Lipinski definition) is 1. The number of nitrogens with zero attached hydrogens (tertiary/aromatic N) is 1. The molecule has 1 amide bonds. The van der Waals surface area contributed by atoms with E-state index < -0.39 is 0 Å². The molecule has 0 aromatic heterocycles. The van der Waals surface area contributed by atoms with Crippen molar-refractivity contribution in [2.24, 2.45) is 5.92 Å². The molecule has 5 nitrogen and oxygen atoms in total. The summed E-state index contributed by atoms with van der Waals surface area (Å²) < 4.78 is 4.75. The van der Waals surface area contributed by atoms with Gasteiger partial charge < -0.3 is 10.1 Å². The molecule has 0 bridgehead atoms. The molecular weight excluding hydrogens is 424 g/mol. The lowest BCUT2D eigenvalue weighted by atomic mass is 9.83. The topological polar surface area (TPSA) is 58.6 Å². The van der Waals surface area contributed by atoms with Crippen LogP contribution in [0.25, 0.3) is 0 Å². The minimum Gasteiger partial charge on any atom is -0.469 e. The van der Waals surface area contributed by atoms with E-state index in [0.717, 1.165) is 70.1 Å². The SMILES string of the molecule is COC(=O)CCC1CCC(NC(=O)c2cccc(C3CCN(Cc4ccccc4)CC3)c2)CC1. The first-order valence-corrected chi connectivity index (χ1v) is 12.8. The smallest absolute Gasteiger partial charge is 0.305 e. The molecule has 1 heterocycles. The first-order chi connectivity index (χ1) is 16.6. The minimum atomic E-state index is -0.128. The molecule has 0 atom stereocenters. The van der Waals surface area contributed by atoms with Gasteiger partial charge in [-0.3, -0.25) is 14.5 Å². The zero-order valence-corrected chi connectivity index (χ0v) is 20.4.